The molecule has 1 aliphatic heterocycles. The lowest BCUT2D eigenvalue weighted by molar-refractivity contribution is 0.0951. The first-order valence-corrected chi connectivity index (χ1v) is 5.84. The van der Waals surface area contributed by atoms with Crippen molar-refractivity contribution in [3.05, 3.63) is 35.4 Å². The molecule has 1 atom stereocenters. The predicted octanol–water partition coefficient (Wildman–Crippen LogP) is 1.48. The van der Waals surface area contributed by atoms with E-state index in [-0.39, 0.29) is 5.91 Å². The van der Waals surface area contributed by atoms with Gasteiger partial charge in [0.15, 0.2) is 0 Å². The van der Waals surface area contributed by atoms with Crippen molar-refractivity contribution < 1.29 is 4.79 Å². The van der Waals surface area contributed by atoms with Crippen LogP contribution >= 0.6 is 0 Å². The van der Waals surface area contributed by atoms with E-state index in [1.807, 2.05) is 31.2 Å². The fourth-order valence-electron chi connectivity index (χ4n) is 1.76. The highest BCUT2D eigenvalue weighted by molar-refractivity contribution is 5.94. The van der Waals surface area contributed by atoms with Gasteiger partial charge in [-0.15, -0.1) is 0 Å². The molecule has 1 amide bonds. The van der Waals surface area contributed by atoms with Crippen molar-refractivity contribution in [2.45, 2.75) is 25.8 Å². The first kappa shape index (κ1) is 11.1. The quantitative estimate of drug-likeness (QED) is 0.803. The summed E-state index contributed by atoms with van der Waals surface area (Å²) in [6.45, 7) is 3.89. The second-order valence-electron chi connectivity index (χ2n) is 4.35. The van der Waals surface area contributed by atoms with Crippen molar-refractivity contribution in [3.8, 4) is 0 Å². The molecule has 1 heterocycles. The Kier molecular flexibility index (Phi) is 3.57. The maximum absolute atomic E-state index is 11.7. The van der Waals surface area contributed by atoms with Gasteiger partial charge in [0, 0.05) is 18.2 Å². The molecule has 2 rings (SSSR count). The monoisotopic (exact) mass is 218 g/mol. The van der Waals surface area contributed by atoms with E-state index >= 15 is 0 Å². The fraction of sp³-hybridized carbons (Fsp3) is 0.462. The Morgan fingerprint density at radius 3 is 2.69 bits per heavy atom. The molecule has 1 saturated heterocycles. The smallest absolute Gasteiger partial charge is 0.251 e. The number of amides is 1. The summed E-state index contributed by atoms with van der Waals surface area (Å²) in [6.07, 6.45) is 2.26. The van der Waals surface area contributed by atoms with E-state index < -0.39 is 0 Å². The summed E-state index contributed by atoms with van der Waals surface area (Å²) < 4.78 is 0. The molecule has 1 aliphatic rings. The minimum Gasteiger partial charge on any atom is -0.352 e. The number of aryl methyl sites for hydroxylation is 1. The lowest BCUT2D eigenvalue weighted by atomic mass is 10.0. The normalized spacial score (nSPS) is 18.9. The minimum atomic E-state index is 0.0272. The Labute approximate surface area is 96.2 Å². The van der Waals surface area contributed by atoms with E-state index in [9.17, 15) is 4.79 Å². The number of hydrogen-bond acceptors (Lipinski definition) is 2. The van der Waals surface area contributed by atoms with Crippen LogP contribution in [0.5, 0.6) is 0 Å². The van der Waals surface area contributed by atoms with Gasteiger partial charge in [-0.25, -0.2) is 0 Å². The van der Waals surface area contributed by atoms with E-state index in [4.69, 9.17) is 0 Å². The molecule has 1 aromatic rings. The molecule has 1 aromatic carbocycles. The van der Waals surface area contributed by atoms with Gasteiger partial charge in [0.25, 0.3) is 5.91 Å². The van der Waals surface area contributed by atoms with E-state index in [0.29, 0.717) is 6.04 Å². The van der Waals surface area contributed by atoms with E-state index in [2.05, 4.69) is 10.6 Å². The molecule has 0 saturated carbocycles. The van der Waals surface area contributed by atoms with Crippen LogP contribution in [0.25, 0.3) is 0 Å². The van der Waals surface area contributed by atoms with Crippen LogP contribution in [0.3, 0.4) is 0 Å². The highest BCUT2D eigenvalue weighted by Gasteiger charge is 2.15. The number of rotatable bonds is 4. The average Bonchev–Trinajstić information content (AvgIpc) is 2.22. The Morgan fingerprint density at radius 2 is 2.12 bits per heavy atom. The van der Waals surface area contributed by atoms with Crippen LogP contribution < -0.4 is 10.6 Å². The number of carbonyl (C=O) groups is 1. The zero-order valence-electron chi connectivity index (χ0n) is 9.62. The summed E-state index contributed by atoms with van der Waals surface area (Å²) in [5.74, 6) is 0.0272. The highest BCUT2D eigenvalue weighted by Crippen LogP contribution is 2.06. The van der Waals surface area contributed by atoms with E-state index in [1.54, 1.807) is 0 Å². The first-order chi connectivity index (χ1) is 7.75. The number of hydrogen-bond donors (Lipinski definition) is 2. The lowest BCUT2D eigenvalue weighted by Gasteiger charge is -2.27. The number of nitrogens with one attached hydrogen (secondary N) is 2. The van der Waals surface area contributed by atoms with Gasteiger partial charge in [-0.3, -0.25) is 4.79 Å². The van der Waals surface area contributed by atoms with Crippen molar-refractivity contribution in [2.24, 2.45) is 0 Å². The average molecular weight is 218 g/mol. The molecule has 3 heteroatoms. The molecule has 0 radical (unpaired) electrons. The van der Waals surface area contributed by atoms with Gasteiger partial charge in [0.2, 0.25) is 0 Å². The molecular formula is C13H18N2O. The van der Waals surface area contributed by atoms with Crippen LogP contribution in [-0.2, 0) is 0 Å². The summed E-state index contributed by atoms with van der Waals surface area (Å²) in [4.78, 5) is 11.7. The summed E-state index contributed by atoms with van der Waals surface area (Å²) >= 11 is 0. The lowest BCUT2D eigenvalue weighted by Crippen LogP contribution is -2.44. The van der Waals surface area contributed by atoms with Gasteiger partial charge in [-0.1, -0.05) is 17.7 Å². The first-order valence-electron chi connectivity index (χ1n) is 5.84. The van der Waals surface area contributed by atoms with Crippen LogP contribution in [-0.4, -0.2) is 25.0 Å². The molecule has 1 fully saturated rings. The molecule has 16 heavy (non-hydrogen) atoms. The zero-order chi connectivity index (χ0) is 11.4. The SMILES string of the molecule is Cc1ccc(C(=O)NCCC2CCN2)cc1. The van der Waals surface area contributed by atoms with Crippen LogP contribution in [0.1, 0.15) is 28.8 Å². The molecule has 0 bridgehead atoms. The molecule has 0 aliphatic carbocycles. The molecular weight excluding hydrogens is 200 g/mol. The van der Waals surface area contributed by atoms with Crippen molar-refractivity contribution >= 4 is 5.91 Å². The summed E-state index contributed by atoms with van der Waals surface area (Å²) in [6, 6.07) is 8.27. The Morgan fingerprint density at radius 1 is 1.44 bits per heavy atom. The molecule has 1 unspecified atom stereocenters. The zero-order valence-corrected chi connectivity index (χ0v) is 9.62. The third-order valence-corrected chi connectivity index (χ3v) is 3.02. The predicted molar refractivity (Wildman–Crippen MR) is 64.5 cm³/mol. The van der Waals surface area contributed by atoms with Gasteiger partial charge in [-0.2, -0.15) is 0 Å². The van der Waals surface area contributed by atoms with Gasteiger partial charge in [0.05, 0.1) is 0 Å². The Hall–Kier alpha value is -1.35. The van der Waals surface area contributed by atoms with E-state index in [0.717, 1.165) is 25.1 Å². The summed E-state index contributed by atoms with van der Waals surface area (Å²) in [5, 5.41) is 6.25. The number of carbonyl (C=O) groups excluding carboxylic acids is 1. The topological polar surface area (TPSA) is 41.1 Å². The van der Waals surface area contributed by atoms with Gasteiger partial charge in [0.1, 0.15) is 0 Å². The van der Waals surface area contributed by atoms with Crippen molar-refractivity contribution in [2.75, 3.05) is 13.1 Å². The van der Waals surface area contributed by atoms with Crippen LogP contribution in [0, 0.1) is 6.92 Å². The van der Waals surface area contributed by atoms with Gasteiger partial charge < -0.3 is 10.6 Å². The fourth-order valence-corrected chi connectivity index (χ4v) is 1.76. The van der Waals surface area contributed by atoms with Crippen LogP contribution in [0.2, 0.25) is 0 Å². The Balaban J connectivity index is 1.76. The van der Waals surface area contributed by atoms with Crippen LogP contribution in [0.4, 0.5) is 0 Å². The minimum absolute atomic E-state index is 0.0272. The molecule has 3 nitrogen and oxygen atoms in total. The summed E-state index contributed by atoms with van der Waals surface area (Å²) in [7, 11) is 0. The molecule has 86 valence electrons. The van der Waals surface area contributed by atoms with Crippen molar-refractivity contribution in [1.29, 1.82) is 0 Å². The third-order valence-electron chi connectivity index (χ3n) is 3.02. The largest absolute Gasteiger partial charge is 0.352 e. The molecule has 0 spiro atoms. The maximum Gasteiger partial charge on any atom is 0.251 e. The van der Waals surface area contributed by atoms with Crippen molar-refractivity contribution in [3.63, 3.8) is 0 Å². The van der Waals surface area contributed by atoms with Crippen molar-refractivity contribution in [1.82, 2.24) is 10.6 Å². The molecule has 0 aromatic heterocycles. The maximum atomic E-state index is 11.7. The standard InChI is InChI=1S/C13H18N2O/c1-10-2-4-11(5-3-10)13(16)15-9-7-12-6-8-14-12/h2-5,12,14H,6-9H2,1H3,(H,15,16). The van der Waals surface area contributed by atoms with Gasteiger partial charge >= 0.3 is 0 Å². The second kappa shape index (κ2) is 5.12. The number of benzene rings is 1. The van der Waals surface area contributed by atoms with Crippen LogP contribution in [0.15, 0.2) is 24.3 Å². The third kappa shape index (κ3) is 2.83. The second-order valence-corrected chi connectivity index (χ2v) is 4.35. The summed E-state index contributed by atoms with van der Waals surface area (Å²) in [5.41, 5.74) is 1.92. The van der Waals surface area contributed by atoms with Gasteiger partial charge in [-0.05, 0) is 38.4 Å². The Bertz CT molecular complexity index is 355. The molecule has 2 N–H and O–H groups in total. The van der Waals surface area contributed by atoms with E-state index in [1.165, 1.54) is 12.0 Å². The highest BCUT2D eigenvalue weighted by atomic mass is 16.1.